The number of alkyl halides is 1. The molecule has 0 atom stereocenters. The number of nitrogens with two attached hydrogens (primary N) is 1. The summed E-state index contributed by atoms with van der Waals surface area (Å²) in [7, 11) is 0. The van der Waals surface area contributed by atoms with Crippen LogP contribution in [0.5, 0.6) is 0 Å². The highest BCUT2D eigenvalue weighted by Crippen LogP contribution is 2.09. The van der Waals surface area contributed by atoms with E-state index in [0.29, 0.717) is 11.4 Å². The zero-order valence-corrected chi connectivity index (χ0v) is 8.52. The van der Waals surface area contributed by atoms with Gasteiger partial charge in [0.05, 0.1) is 11.6 Å². The molecule has 0 amide bonds. The SMILES string of the molecule is N/C(=N\O)c1ccc2nc(CCl)cn2c1. The van der Waals surface area contributed by atoms with Crippen molar-refractivity contribution in [3.05, 3.63) is 35.8 Å². The number of nitrogens with zero attached hydrogens (tertiary/aromatic N) is 3. The second-order valence-corrected chi connectivity index (χ2v) is 3.30. The second kappa shape index (κ2) is 3.78. The monoisotopic (exact) mass is 224 g/mol. The molecule has 0 unspecified atom stereocenters. The van der Waals surface area contributed by atoms with Gasteiger partial charge in [-0.15, -0.1) is 11.6 Å². The van der Waals surface area contributed by atoms with Crippen LogP contribution in [0.3, 0.4) is 0 Å². The van der Waals surface area contributed by atoms with Crippen LogP contribution in [0.15, 0.2) is 29.7 Å². The van der Waals surface area contributed by atoms with Crippen molar-refractivity contribution in [3.8, 4) is 0 Å². The van der Waals surface area contributed by atoms with E-state index in [1.807, 2.05) is 0 Å². The number of amidine groups is 1. The largest absolute Gasteiger partial charge is 0.409 e. The molecule has 0 aliphatic carbocycles. The maximum atomic E-state index is 8.53. The molecule has 0 saturated heterocycles. The van der Waals surface area contributed by atoms with Crippen molar-refractivity contribution >= 4 is 23.1 Å². The van der Waals surface area contributed by atoms with Crippen LogP contribution in [0.4, 0.5) is 0 Å². The smallest absolute Gasteiger partial charge is 0.171 e. The molecule has 2 heterocycles. The fraction of sp³-hybridized carbons (Fsp3) is 0.111. The van der Waals surface area contributed by atoms with E-state index in [1.165, 1.54) is 0 Å². The van der Waals surface area contributed by atoms with Crippen LogP contribution in [-0.2, 0) is 5.88 Å². The predicted octanol–water partition coefficient (Wildman–Crippen LogP) is 1.17. The third-order valence-electron chi connectivity index (χ3n) is 2.04. The molecule has 0 spiro atoms. The number of oxime groups is 1. The molecule has 2 aromatic heterocycles. The van der Waals surface area contributed by atoms with E-state index in [2.05, 4.69) is 10.1 Å². The summed E-state index contributed by atoms with van der Waals surface area (Å²) in [4.78, 5) is 4.25. The molecule has 6 heteroatoms. The van der Waals surface area contributed by atoms with E-state index in [0.717, 1.165) is 11.3 Å². The highest BCUT2D eigenvalue weighted by molar-refractivity contribution is 6.16. The molecule has 3 N–H and O–H groups in total. The van der Waals surface area contributed by atoms with Crippen LogP contribution in [0, 0.1) is 0 Å². The van der Waals surface area contributed by atoms with Gasteiger partial charge in [0.1, 0.15) is 5.65 Å². The van der Waals surface area contributed by atoms with Crippen LogP contribution in [0.25, 0.3) is 5.65 Å². The minimum atomic E-state index is 0.0676. The number of imidazole rings is 1. The summed E-state index contributed by atoms with van der Waals surface area (Å²) in [6, 6.07) is 3.51. The van der Waals surface area contributed by atoms with E-state index in [4.69, 9.17) is 22.5 Å². The quantitative estimate of drug-likeness (QED) is 0.264. The van der Waals surface area contributed by atoms with Crippen molar-refractivity contribution in [2.75, 3.05) is 0 Å². The molecule has 0 fully saturated rings. The Morgan fingerprint density at radius 2 is 2.33 bits per heavy atom. The van der Waals surface area contributed by atoms with Gasteiger partial charge in [0.25, 0.3) is 0 Å². The highest BCUT2D eigenvalue weighted by atomic mass is 35.5. The molecule has 5 nitrogen and oxygen atoms in total. The number of rotatable bonds is 2. The first kappa shape index (κ1) is 9.79. The van der Waals surface area contributed by atoms with E-state index in [-0.39, 0.29) is 5.84 Å². The van der Waals surface area contributed by atoms with Gasteiger partial charge in [-0.05, 0) is 12.1 Å². The molecule has 2 rings (SSSR count). The lowest BCUT2D eigenvalue weighted by Gasteiger charge is -1.98. The first-order valence-corrected chi connectivity index (χ1v) is 4.79. The molecule has 0 aliphatic rings. The molecule has 0 saturated carbocycles. The van der Waals surface area contributed by atoms with Crippen molar-refractivity contribution in [1.82, 2.24) is 9.38 Å². The molecule has 0 aromatic carbocycles. The van der Waals surface area contributed by atoms with Gasteiger partial charge in [-0.1, -0.05) is 5.16 Å². The average molecular weight is 225 g/mol. The molecule has 0 bridgehead atoms. The lowest BCUT2D eigenvalue weighted by molar-refractivity contribution is 0.318. The van der Waals surface area contributed by atoms with Crippen LogP contribution in [0.2, 0.25) is 0 Å². The topological polar surface area (TPSA) is 75.9 Å². The lowest BCUT2D eigenvalue weighted by Crippen LogP contribution is -2.13. The highest BCUT2D eigenvalue weighted by Gasteiger charge is 2.03. The van der Waals surface area contributed by atoms with Gasteiger partial charge in [0, 0.05) is 18.0 Å². The van der Waals surface area contributed by atoms with E-state index in [1.54, 1.807) is 28.9 Å². The van der Waals surface area contributed by atoms with Crippen LogP contribution in [0.1, 0.15) is 11.3 Å². The lowest BCUT2D eigenvalue weighted by atomic mass is 10.2. The fourth-order valence-corrected chi connectivity index (χ4v) is 1.45. The molecular formula is C9H9ClN4O. The summed E-state index contributed by atoms with van der Waals surface area (Å²) in [5, 5.41) is 11.5. The van der Waals surface area contributed by atoms with Crippen molar-refractivity contribution in [3.63, 3.8) is 0 Å². The Bertz CT molecular complexity index is 520. The normalized spacial score (nSPS) is 12.2. The minimum Gasteiger partial charge on any atom is -0.409 e. The number of aromatic nitrogens is 2. The van der Waals surface area contributed by atoms with Crippen molar-refractivity contribution < 1.29 is 5.21 Å². The van der Waals surface area contributed by atoms with Gasteiger partial charge in [-0.25, -0.2) is 4.98 Å². The summed E-state index contributed by atoms with van der Waals surface area (Å²) in [6.45, 7) is 0. The third kappa shape index (κ3) is 1.73. The number of fused-ring (bicyclic) bond motifs is 1. The van der Waals surface area contributed by atoms with Gasteiger partial charge in [0.15, 0.2) is 5.84 Å². The van der Waals surface area contributed by atoms with Gasteiger partial charge >= 0.3 is 0 Å². The fourth-order valence-electron chi connectivity index (χ4n) is 1.32. The standard InChI is InChI=1S/C9H9ClN4O/c10-3-7-5-14-4-6(9(11)13-15)1-2-8(14)12-7/h1-2,4-5,15H,3H2,(H2,11,13). The minimum absolute atomic E-state index is 0.0676. The molecule has 0 aliphatic heterocycles. The predicted molar refractivity (Wildman–Crippen MR) is 57.3 cm³/mol. The Morgan fingerprint density at radius 1 is 1.53 bits per heavy atom. The number of halogens is 1. The van der Waals surface area contributed by atoms with Crippen molar-refractivity contribution in [2.24, 2.45) is 10.9 Å². The summed E-state index contributed by atoms with van der Waals surface area (Å²) >= 11 is 5.66. The second-order valence-electron chi connectivity index (χ2n) is 3.03. The average Bonchev–Trinajstić information content (AvgIpc) is 2.69. The summed E-state index contributed by atoms with van der Waals surface area (Å²) in [5.74, 6) is 0.429. The molecule has 15 heavy (non-hydrogen) atoms. The molecule has 0 radical (unpaired) electrons. The molecular weight excluding hydrogens is 216 g/mol. The molecule has 78 valence electrons. The maximum absolute atomic E-state index is 8.53. The summed E-state index contributed by atoms with van der Waals surface area (Å²) < 4.78 is 1.78. The van der Waals surface area contributed by atoms with Crippen molar-refractivity contribution in [1.29, 1.82) is 0 Å². The van der Waals surface area contributed by atoms with Gasteiger partial charge < -0.3 is 15.3 Å². The van der Waals surface area contributed by atoms with Gasteiger partial charge in [0.2, 0.25) is 0 Å². The number of pyridine rings is 1. The first-order valence-electron chi connectivity index (χ1n) is 4.26. The number of hydrogen-bond donors (Lipinski definition) is 2. The zero-order valence-electron chi connectivity index (χ0n) is 7.76. The number of hydrogen-bond acceptors (Lipinski definition) is 3. The Morgan fingerprint density at radius 3 is 3.00 bits per heavy atom. The van der Waals surface area contributed by atoms with E-state index >= 15 is 0 Å². The summed E-state index contributed by atoms with van der Waals surface area (Å²) in [6.07, 6.45) is 3.53. The van der Waals surface area contributed by atoms with Gasteiger partial charge in [-0.2, -0.15) is 0 Å². The Balaban J connectivity index is 2.55. The van der Waals surface area contributed by atoms with Crippen LogP contribution < -0.4 is 5.73 Å². The maximum Gasteiger partial charge on any atom is 0.171 e. The Kier molecular flexibility index (Phi) is 2.47. The zero-order chi connectivity index (χ0) is 10.8. The van der Waals surface area contributed by atoms with E-state index in [9.17, 15) is 0 Å². The Hall–Kier alpha value is -1.75. The third-order valence-corrected chi connectivity index (χ3v) is 2.32. The van der Waals surface area contributed by atoms with Gasteiger partial charge in [-0.3, -0.25) is 0 Å². The first-order chi connectivity index (χ1) is 7.24. The van der Waals surface area contributed by atoms with Crippen LogP contribution in [-0.4, -0.2) is 20.4 Å². The van der Waals surface area contributed by atoms with E-state index < -0.39 is 0 Å². The summed E-state index contributed by atoms with van der Waals surface area (Å²) in [5.41, 5.74) is 7.66. The Labute approximate surface area is 90.8 Å². The van der Waals surface area contributed by atoms with Crippen molar-refractivity contribution in [2.45, 2.75) is 5.88 Å². The van der Waals surface area contributed by atoms with Crippen LogP contribution >= 0.6 is 11.6 Å². The molecule has 2 aromatic rings.